The predicted molar refractivity (Wildman–Crippen MR) is 74.2 cm³/mol. The van der Waals surface area contributed by atoms with Crippen molar-refractivity contribution in [1.82, 2.24) is 10.2 Å². The van der Waals surface area contributed by atoms with Gasteiger partial charge in [0, 0.05) is 25.7 Å². The molecule has 2 nitrogen and oxygen atoms in total. The van der Waals surface area contributed by atoms with Gasteiger partial charge in [-0.05, 0) is 43.1 Å². The fraction of sp³-hybridized carbons (Fsp3) is 1.00. The van der Waals surface area contributed by atoms with Crippen molar-refractivity contribution in [2.24, 2.45) is 17.3 Å². The van der Waals surface area contributed by atoms with Crippen molar-refractivity contribution in [3.8, 4) is 0 Å². The molecule has 1 atom stereocenters. The summed E-state index contributed by atoms with van der Waals surface area (Å²) in [4.78, 5) is 2.66. The zero-order valence-corrected chi connectivity index (χ0v) is 12.1. The van der Waals surface area contributed by atoms with Crippen molar-refractivity contribution in [1.29, 1.82) is 0 Å². The molecule has 1 unspecified atom stereocenters. The van der Waals surface area contributed by atoms with Crippen LogP contribution in [-0.2, 0) is 0 Å². The van der Waals surface area contributed by atoms with Crippen LogP contribution in [0, 0.1) is 17.3 Å². The van der Waals surface area contributed by atoms with Crippen molar-refractivity contribution in [2.75, 3.05) is 26.2 Å². The molecule has 0 aromatic carbocycles. The standard InChI is InChI=1S/C15H30N2/c1-12(2)7-14-8-15(5-6-16-14)10-17(11-15)9-13(3)4/h12-14,16H,5-11H2,1-4H3. The molecule has 0 radical (unpaired) electrons. The van der Waals surface area contributed by atoms with E-state index in [4.69, 9.17) is 0 Å². The van der Waals surface area contributed by atoms with E-state index in [9.17, 15) is 0 Å². The van der Waals surface area contributed by atoms with Gasteiger partial charge in [-0.2, -0.15) is 0 Å². The molecule has 2 aliphatic rings. The number of nitrogens with one attached hydrogen (secondary N) is 1. The fourth-order valence-corrected chi connectivity index (χ4v) is 3.81. The van der Waals surface area contributed by atoms with Gasteiger partial charge in [-0.3, -0.25) is 0 Å². The van der Waals surface area contributed by atoms with Crippen LogP contribution < -0.4 is 5.32 Å². The largest absolute Gasteiger partial charge is 0.314 e. The summed E-state index contributed by atoms with van der Waals surface area (Å²) in [6.45, 7) is 14.6. The van der Waals surface area contributed by atoms with Gasteiger partial charge in [0.05, 0.1) is 0 Å². The fourth-order valence-electron chi connectivity index (χ4n) is 3.81. The van der Waals surface area contributed by atoms with Crippen molar-refractivity contribution >= 4 is 0 Å². The van der Waals surface area contributed by atoms with Crippen molar-refractivity contribution in [3.05, 3.63) is 0 Å². The van der Waals surface area contributed by atoms with Gasteiger partial charge in [0.15, 0.2) is 0 Å². The summed E-state index contributed by atoms with van der Waals surface area (Å²) in [6, 6.07) is 0.782. The van der Waals surface area contributed by atoms with Gasteiger partial charge in [-0.1, -0.05) is 27.7 Å². The van der Waals surface area contributed by atoms with E-state index in [1.165, 1.54) is 45.4 Å². The van der Waals surface area contributed by atoms with Crippen LogP contribution in [-0.4, -0.2) is 37.1 Å². The summed E-state index contributed by atoms with van der Waals surface area (Å²) >= 11 is 0. The first kappa shape index (κ1) is 13.4. The van der Waals surface area contributed by atoms with Crippen molar-refractivity contribution in [3.63, 3.8) is 0 Å². The lowest BCUT2D eigenvalue weighted by molar-refractivity contribution is -0.0413. The first-order chi connectivity index (χ1) is 7.99. The van der Waals surface area contributed by atoms with E-state index in [0.717, 1.165) is 17.9 Å². The maximum absolute atomic E-state index is 3.71. The third-order valence-electron chi connectivity index (χ3n) is 4.27. The van der Waals surface area contributed by atoms with Gasteiger partial charge < -0.3 is 10.2 Å². The third-order valence-corrected chi connectivity index (χ3v) is 4.27. The minimum atomic E-state index is 0.680. The zero-order chi connectivity index (χ0) is 12.5. The maximum atomic E-state index is 3.71. The normalized spacial score (nSPS) is 28.9. The first-order valence-electron chi connectivity index (χ1n) is 7.45. The lowest BCUT2D eigenvalue weighted by Crippen LogP contribution is -2.62. The molecule has 2 rings (SSSR count). The topological polar surface area (TPSA) is 15.3 Å². The van der Waals surface area contributed by atoms with E-state index in [-0.39, 0.29) is 0 Å². The van der Waals surface area contributed by atoms with E-state index in [1.54, 1.807) is 0 Å². The smallest absolute Gasteiger partial charge is 0.00757 e. The van der Waals surface area contributed by atoms with E-state index in [2.05, 4.69) is 37.9 Å². The van der Waals surface area contributed by atoms with Gasteiger partial charge in [0.25, 0.3) is 0 Å². The summed E-state index contributed by atoms with van der Waals surface area (Å²) in [7, 11) is 0. The Hall–Kier alpha value is -0.0800. The first-order valence-corrected chi connectivity index (χ1v) is 7.45. The van der Waals surface area contributed by atoms with Crippen LogP contribution in [0.5, 0.6) is 0 Å². The average molecular weight is 238 g/mol. The Labute approximate surface area is 107 Å². The Morgan fingerprint density at radius 1 is 1.18 bits per heavy atom. The summed E-state index contributed by atoms with van der Waals surface area (Å²) in [5, 5.41) is 3.71. The number of hydrogen-bond donors (Lipinski definition) is 1. The van der Waals surface area contributed by atoms with Gasteiger partial charge in [-0.15, -0.1) is 0 Å². The molecule has 0 aromatic rings. The highest BCUT2D eigenvalue weighted by Crippen LogP contribution is 2.41. The Morgan fingerprint density at radius 3 is 2.47 bits per heavy atom. The van der Waals surface area contributed by atoms with Gasteiger partial charge in [-0.25, -0.2) is 0 Å². The van der Waals surface area contributed by atoms with Crippen LogP contribution in [0.25, 0.3) is 0 Å². The minimum Gasteiger partial charge on any atom is -0.314 e. The molecule has 0 amide bonds. The van der Waals surface area contributed by atoms with Crippen LogP contribution in [0.15, 0.2) is 0 Å². The minimum absolute atomic E-state index is 0.680. The van der Waals surface area contributed by atoms with E-state index in [0.29, 0.717) is 5.41 Å². The summed E-state index contributed by atoms with van der Waals surface area (Å²) < 4.78 is 0. The third kappa shape index (κ3) is 3.45. The molecule has 0 aliphatic carbocycles. The second-order valence-corrected chi connectivity index (χ2v) is 7.30. The van der Waals surface area contributed by atoms with E-state index < -0.39 is 0 Å². The van der Waals surface area contributed by atoms with E-state index in [1.807, 2.05) is 0 Å². The molecule has 2 fully saturated rings. The summed E-state index contributed by atoms with van der Waals surface area (Å²) in [5.74, 6) is 1.65. The number of piperidine rings is 1. The highest BCUT2D eigenvalue weighted by molar-refractivity contribution is 5.00. The molecule has 2 heterocycles. The molecule has 2 heteroatoms. The number of rotatable bonds is 4. The van der Waals surface area contributed by atoms with Crippen LogP contribution in [0.3, 0.4) is 0 Å². The number of likely N-dealkylation sites (tertiary alicyclic amines) is 1. The Kier molecular flexibility index (Phi) is 4.14. The molecule has 2 aliphatic heterocycles. The molecule has 0 aromatic heterocycles. The molecule has 0 saturated carbocycles. The Balaban J connectivity index is 1.79. The Morgan fingerprint density at radius 2 is 1.88 bits per heavy atom. The van der Waals surface area contributed by atoms with Gasteiger partial charge >= 0.3 is 0 Å². The van der Waals surface area contributed by atoms with E-state index >= 15 is 0 Å². The average Bonchev–Trinajstić information content (AvgIpc) is 2.13. The second kappa shape index (κ2) is 5.27. The van der Waals surface area contributed by atoms with Crippen LogP contribution >= 0.6 is 0 Å². The molecule has 100 valence electrons. The second-order valence-electron chi connectivity index (χ2n) is 7.30. The Bertz CT molecular complexity index is 241. The van der Waals surface area contributed by atoms with Crippen molar-refractivity contribution < 1.29 is 0 Å². The van der Waals surface area contributed by atoms with Crippen molar-refractivity contribution in [2.45, 2.75) is 53.0 Å². The molecule has 0 bridgehead atoms. The molecular formula is C15H30N2. The quantitative estimate of drug-likeness (QED) is 0.810. The highest BCUT2D eigenvalue weighted by atomic mass is 15.2. The lowest BCUT2D eigenvalue weighted by Gasteiger charge is -2.55. The SMILES string of the molecule is CC(C)CC1CC2(CCN1)CN(CC(C)C)C2. The van der Waals surface area contributed by atoms with Crippen LogP contribution in [0.1, 0.15) is 47.0 Å². The van der Waals surface area contributed by atoms with Gasteiger partial charge in [0.2, 0.25) is 0 Å². The monoisotopic (exact) mass is 238 g/mol. The van der Waals surface area contributed by atoms with Crippen LogP contribution in [0.2, 0.25) is 0 Å². The maximum Gasteiger partial charge on any atom is 0.00757 e. The zero-order valence-electron chi connectivity index (χ0n) is 12.1. The molecule has 1 spiro atoms. The predicted octanol–water partition coefficient (Wildman–Crippen LogP) is 2.74. The molecule has 17 heavy (non-hydrogen) atoms. The summed E-state index contributed by atoms with van der Waals surface area (Å²) in [5.41, 5.74) is 0.680. The molecular weight excluding hydrogens is 208 g/mol. The summed E-state index contributed by atoms with van der Waals surface area (Å²) in [6.07, 6.45) is 4.17. The number of hydrogen-bond acceptors (Lipinski definition) is 2. The lowest BCUT2D eigenvalue weighted by atomic mass is 9.69. The molecule has 1 N–H and O–H groups in total. The highest BCUT2D eigenvalue weighted by Gasteiger charge is 2.45. The number of nitrogens with zero attached hydrogens (tertiary/aromatic N) is 1. The van der Waals surface area contributed by atoms with Gasteiger partial charge in [0.1, 0.15) is 0 Å². The molecule has 2 saturated heterocycles. The van der Waals surface area contributed by atoms with Crippen LogP contribution in [0.4, 0.5) is 0 Å².